The minimum absolute atomic E-state index is 0.263. The molecule has 0 aliphatic carbocycles. The zero-order valence-electron chi connectivity index (χ0n) is 20.8. The second-order valence-electron chi connectivity index (χ2n) is 9.13. The lowest BCUT2D eigenvalue weighted by Crippen LogP contribution is -2.44. The van der Waals surface area contributed by atoms with Crippen molar-refractivity contribution in [1.82, 2.24) is 9.88 Å². The maximum atomic E-state index is 13.9. The predicted molar refractivity (Wildman–Crippen MR) is 144 cm³/mol. The van der Waals surface area contributed by atoms with E-state index in [1.165, 1.54) is 6.20 Å². The van der Waals surface area contributed by atoms with E-state index in [4.69, 9.17) is 0 Å². The number of aromatic nitrogens is 1. The van der Waals surface area contributed by atoms with Gasteiger partial charge in [0.15, 0.2) is 0 Å². The zero-order valence-corrected chi connectivity index (χ0v) is 21.6. The van der Waals surface area contributed by atoms with Crippen molar-refractivity contribution in [1.29, 1.82) is 0 Å². The molecule has 1 aliphatic rings. The van der Waals surface area contributed by atoms with Gasteiger partial charge in [0.05, 0.1) is 32.7 Å². The van der Waals surface area contributed by atoms with Crippen molar-refractivity contribution < 1.29 is 9.00 Å². The van der Waals surface area contributed by atoms with E-state index in [0.717, 1.165) is 48.7 Å². The normalized spacial score (nSPS) is 15.0. The zero-order chi connectivity index (χ0) is 24.9. The monoisotopic (exact) mass is 491 g/mol. The van der Waals surface area contributed by atoms with Crippen LogP contribution in [-0.2, 0) is 16.6 Å². The molecule has 2 aromatic carbocycles. The summed E-state index contributed by atoms with van der Waals surface area (Å²) in [7, 11) is 4.73. The molecule has 1 fully saturated rings. The van der Waals surface area contributed by atoms with Crippen LogP contribution in [0.5, 0.6) is 0 Å². The summed E-state index contributed by atoms with van der Waals surface area (Å²) in [6.45, 7) is 5.74. The van der Waals surface area contributed by atoms with Gasteiger partial charge in [-0.2, -0.15) is 0 Å². The Morgan fingerprint density at radius 3 is 2.51 bits per heavy atom. The molecule has 3 aromatic rings. The van der Waals surface area contributed by atoms with Gasteiger partial charge in [-0.1, -0.05) is 18.2 Å². The molecule has 0 radical (unpaired) electrons. The maximum absolute atomic E-state index is 13.9. The Morgan fingerprint density at radius 2 is 1.83 bits per heavy atom. The van der Waals surface area contributed by atoms with Crippen LogP contribution in [-0.4, -0.2) is 67.3 Å². The standard InChI is InChI=1S/C27H33N5O2S/c1-20-16-23(32-14-12-31(4)13-15-32)17-25(26(20)29-27(33)21-9-7-11-28-18-21)35(34)19-22-8-5-6-10-24(22)30(2)3/h5-11,16-18H,12-15,19H2,1-4H3,(H,29,33). The fraction of sp³-hybridized carbons (Fsp3) is 0.333. The molecule has 184 valence electrons. The molecule has 0 saturated carbocycles. The molecule has 35 heavy (non-hydrogen) atoms. The first-order valence-electron chi connectivity index (χ1n) is 11.8. The first kappa shape index (κ1) is 24.9. The van der Waals surface area contributed by atoms with Crippen LogP contribution in [0.4, 0.5) is 17.1 Å². The van der Waals surface area contributed by atoms with Gasteiger partial charge >= 0.3 is 0 Å². The van der Waals surface area contributed by atoms with E-state index in [1.54, 1.807) is 18.3 Å². The number of carbonyl (C=O) groups excluding carboxylic acids is 1. The van der Waals surface area contributed by atoms with Gasteiger partial charge in [-0.15, -0.1) is 0 Å². The SMILES string of the molecule is Cc1cc(N2CCN(C)CC2)cc(S(=O)Cc2ccccc2N(C)C)c1NC(=O)c1cccnc1. The topological polar surface area (TPSA) is 68.8 Å². The molecular formula is C27H33N5O2S. The number of amides is 1. The molecule has 1 aliphatic heterocycles. The Balaban J connectivity index is 1.71. The summed E-state index contributed by atoms with van der Waals surface area (Å²) in [6, 6.07) is 15.5. The number of carbonyl (C=O) groups is 1. The Bertz CT molecular complexity index is 1210. The molecule has 4 rings (SSSR count). The van der Waals surface area contributed by atoms with Crippen molar-refractivity contribution in [3.63, 3.8) is 0 Å². The average Bonchev–Trinajstić information content (AvgIpc) is 2.86. The second-order valence-corrected chi connectivity index (χ2v) is 10.6. The number of para-hydroxylation sites is 1. The molecule has 7 nitrogen and oxygen atoms in total. The van der Waals surface area contributed by atoms with Gasteiger partial charge in [0.1, 0.15) is 0 Å². The smallest absolute Gasteiger partial charge is 0.257 e. The summed E-state index contributed by atoms with van der Waals surface area (Å²) in [5, 5.41) is 3.03. The Hall–Kier alpha value is -3.23. The molecular weight excluding hydrogens is 458 g/mol. The van der Waals surface area contributed by atoms with E-state index in [2.05, 4.69) is 33.2 Å². The molecule has 1 amide bonds. The summed E-state index contributed by atoms with van der Waals surface area (Å²) in [5.74, 6) is 0.0935. The van der Waals surface area contributed by atoms with Crippen LogP contribution >= 0.6 is 0 Å². The number of hydrogen-bond donors (Lipinski definition) is 1. The number of piperazine rings is 1. The van der Waals surface area contributed by atoms with Crippen LogP contribution < -0.4 is 15.1 Å². The molecule has 1 saturated heterocycles. The minimum Gasteiger partial charge on any atom is -0.377 e. The van der Waals surface area contributed by atoms with Crippen LogP contribution in [0.25, 0.3) is 0 Å². The number of nitrogens with zero attached hydrogens (tertiary/aromatic N) is 4. The minimum atomic E-state index is -1.37. The third-order valence-electron chi connectivity index (χ3n) is 6.32. The lowest BCUT2D eigenvalue weighted by atomic mass is 10.1. The molecule has 1 aromatic heterocycles. The highest BCUT2D eigenvalue weighted by atomic mass is 32.2. The second kappa shape index (κ2) is 11.0. The van der Waals surface area contributed by atoms with Gasteiger partial charge in [-0.25, -0.2) is 0 Å². The van der Waals surface area contributed by atoms with Crippen molar-refractivity contribution in [2.75, 3.05) is 62.4 Å². The molecule has 0 spiro atoms. The molecule has 1 atom stereocenters. The van der Waals surface area contributed by atoms with Crippen LogP contribution in [0.3, 0.4) is 0 Å². The van der Waals surface area contributed by atoms with Gasteiger partial charge in [0.2, 0.25) is 0 Å². The first-order valence-corrected chi connectivity index (χ1v) is 13.1. The average molecular weight is 492 g/mol. The van der Waals surface area contributed by atoms with Gasteiger partial charge in [-0.05, 0) is 55.4 Å². The number of aryl methyl sites for hydroxylation is 1. The van der Waals surface area contributed by atoms with Gasteiger partial charge in [0, 0.05) is 64.0 Å². The third kappa shape index (κ3) is 5.89. The number of pyridine rings is 1. The van der Waals surface area contributed by atoms with Crippen molar-refractivity contribution in [3.05, 3.63) is 77.6 Å². The van der Waals surface area contributed by atoms with Crippen LogP contribution in [0.15, 0.2) is 65.8 Å². The van der Waals surface area contributed by atoms with Gasteiger partial charge < -0.3 is 20.0 Å². The van der Waals surface area contributed by atoms with Crippen LogP contribution in [0.2, 0.25) is 0 Å². The number of anilines is 3. The van der Waals surface area contributed by atoms with E-state index in [9.17, 15) is 9.00 Å². The number of likely N-dealkylation sites (N-methyl/N-ethyl adjacent to an activating group) is 1. The maximum Gasteiger partial charge on any atom is 0.257 e. The summed E-state index contributed by atoms with van der Waals surface area (Å²) < 4.78 is 13.9. The van der Waals surface area contributed by atoms with E-state index >= 15 is 0 Å². The van der Waals surface area contributed by atoms with E-state index in [0.29, 0.717) is 21.9 Å². The molecule has 1 unspecified atom stereocenters. The first-order chi connectivity index (χ1) is 16.8. The molecule has 2 heterocycles. The lowest BCUT2D eigenvalue weighted by Gasteiger charge is -2.34. The Labute approximate surface area is 210 Å². The van der Waals surface area contributed by atoms with Crippen molar-refractivity contribution >= 4 is 33.8 Å². The number of benzene rings is 2. The summed E-state index contributed by atoms with van der Waals surface area (Å²) >= 11 is 0. The van der Waals surface area contributed by atoms with E-state index < -0.39 is 10.8 Å². The van der Waals surface area contributed by atoms with Crippen molar-refractivity contribution in [3.8, 4) is 0 Å². The van der Waals surface area contributed by atoms with Gasteiger partial charge in [-0.3, -0.25) is 14.0 Å². The van der Waals surface area contributed by atoms with E-state index in [1.807, 2.05) is 56.3 Å². The van der Waals surface area contributed by atoms with Gasteiger partial charge in [0.25, 0.3) is 5.91 Å². The van der Waals surface area contributed by atoms with Crippen LogP contribution in [0, 0.1) is 6.92 Å². The predicted octanol–water partition coefficient (Wildman–Crippen LogP) is 3.77. The lowest BCUT2D eigenvalue weighted by molar-refractivity contribution is 0.102. The summed E-state index contributed by atoms with van der Waals surface area (Å²) in [4.78, 5) is 24.4. The molecule has 1 N–H and O–H groups in total. The highest BCUT2D eigenvalue weighted by Crippen LogP contribution is 2.33. The summed E-state index contributed by atoms with van der Waals surface area (Å²) in [5.41, 5.74) is 5.04. The molecule has 8 heteroatoms. The molecule has 0 bridgehead atoms. The van der Waals surface area contributed by atoms with Crippen LogP contribution in [0.1, 0.15) is 21.5 Å². The fourth-order valence-electron chi connectivity index (χ4n) is 4.29. The highest BCUT2D eigenvalue weighted by Gasteiger charge is 2.22. The Kier molecular flexibility index (Phi) is 7.83. The largest absolute Gasteiger partial charge is 0.377 e. The quantitative estimate of drug-likeness (QED) is 0.543. The third-order valence-corrected chi connectivity index (χ3v) is 7.71. The Morgan fingerprint density at radius 1 is 1.09 bits per heavy atom. The van der Waals surface area contributed by atoms with E-state index in [-0.39, 0.29) is 5.91 Å². The fourth-order valence-corrected chi connectivity index (χ4v) is 5.67. The summed E-state index contributed by atoms with van der Waals surface area (Å²) in [6.07, 6.45) is 3.17. The number of hydrogen-bond acceptors (Lipinski definition) is 6. The van der Waals surface area contributed by atoms with Crippen molar-refractivity contribution in [2.45, 2.75) is 17.6 Å². The number of rotatable bonds is 7. The van der Waals surface area contributed by atoms with Crippen molar-refractivity contribution in [2.24, 2.45) is 0 Å². The number of nitrogens with one attached hydrogen (secondary N) is 1. The highest BCUT2D eigenvalue weighted by molar-refractivity contribution is 7.84.